The zero-order valence-electron chi connectivity index (χ0n) is 11.6. The molecule has 3 aromatic rings. The lowest BCUT2D eigenvalue weighted by molar-refractivity contribution is 0.440. The number of aryl methyl sites for hydroxylation is 1. The zero-order valence-corrected chi connectivity index (χ0v) is 11.6. The van der Waals surface area contributed by atoms with Gasteiger partial charge in [0, 0.05) is 17.6 Å². The van der Waals surface area contributed by atoms with Crippen LogP contribution >= 0.6 is 0 Å². The number of aromatic nitrogens is 5. The fourth-order valence-corrected chi connectivity index (χ4v) is 1.92. The monoisotopic (exact) mass is 269 g/mol. The van der Waals surface area contributed by atoms with Gasteiger partial charge in [0.15, 0.2) is 5.75 Å². The summed E-state index contributed by atoms with van der Waals surface area (Å²) in [6.45, 7) is 6.03. The summed E-state index contributed by atoms with van der Waals surface area (Å²) in [5.41, 5.74) is 1.63. The van der Waals surface area contributed by atoms with E-state index < -0.39 is 0 Å². The predicted molar refractivity (Wildman–Crippen MR) is 74.8 cm³/mol. The highest BCUT2D eigenvalue weighted by atomic mass is 16.5. The van der Waals surface area contributed by atoms with Crippen LogP contribution < -0.4 is 4.74 Å². The van der Waals surface area contributed by atoms with E-state index in [0.717, 1.165) is 16.6 Å². The molecule has 0 aliphatic heterocycles. The Morgan fingerprint density at radius 2 is 2.05 bits per heavy atom. The maximum atomic E-state index is 5.66. The predicted octanol–water partition coefficient (Wildman–Crippen LogP) is 2.90. The van der Waals surface area contributed by atoms with Crippen molar-refractivity contribution in [3.63, 3.8) is 0 Å². The van der Waals surface area contributed by atoms with Gasteiger partial charge in [-0.05, 0) is 26.8 Å². The van der Waals surface area contributed by atoms with Crippen LogP contribution in [0.2, 0.25) is 0 Å². The molecule has 20 heavy (non-hydrogen) atoms. The van der Waals surface area contributed by atoms with Crippen molar-refractivity contribution in [1.82, 2.24) is 24.7 Å². The molecule has 0 bridgehead atoms. The number of fused-ring (bicyclic) bond motifs is 1. The van der Waals surface area contributed by atoms with Gasteiger partial charge in [-0.15, -0.1) is 0 Å². The fraction of sp³-hybridized carbons (Fsp3) is 0.286. The number of rotatable bonds is 3. The molecule has 0 spiro atoms. The van der Waals surface area contributed by atoms with Crippen LogP contribution in [0.4, 0.5) is 0 Å². The summed E-state index contributed by atoms with van der Waals surface area (Å²) in [6, 6.07) is 2.49. The minimum Gasteiger partial charge on any atom is -0.421 e. The van der Waals surface area contributed by atoms with Crippen LogP contribution in [0.15, 0.2) is 30.9 Å². The van der Waals surface area contributed by atoms with Gasteiger partial charge in [0.1, 0.15) is 0 Å². The molecule has 0 unspecified atom stereocenters. The van der Waals surface area contributed by atoms with Crippen LogP contribution in [0, 0.1) is 6.92 Å². The molecule has 6 heteroatoms. The van der Waals surface area contributed by atoms with Crippen LogP contribution in [-0.2, 0) is 0 Å². The number of hydrogen-bond acceptors (Lipinski definition) is 5. The Labute approximate surface area is 116 Å². The first-order valence-corrected chi connectivity index (χ1v) is 6.44. The molecule has 0 radical (unpaired) electrons. The van der Waals surface area contributed by atoms with E-state index >= 15 is 0 Å². The maximum absolute atomic E-state index is 5.66. The Hall–Kier alpha value is -2.50. The first-order chi connectivity index (χ1) is 9.63. The summed E-state index contributed by atoms with van der Waals surface area (Å²) in [7, 11) is 0. The van der Waals surface area contributed by atoms with E-state index in [4.69, 9.17) is 4.74 Å². The standard InChI is InChI=1S/C14H15N5O/c1-9(2)19-8-11(6-16-19)20-14-17-10(3)12-4-5-15-7-13(12)18-14/h4-9H,1-3H3. The minimum atomic E-state index is 0.288. The van der Waals surface area contributed by atoms with Gasteiger partial charge in [-0.2, -0.15) is 15.1 Å². The number of hydrogen-bond donors (Lipinski definition) is 0. The smallest absolute Gasteiger partial charge is 0.322 e. The molecule has 3 aromatic heterocycles. The third kappa shape index (κ3) is 2.32. The van der Waals surface area contributed by atoms with E-state index in [1.165, 1.54) is 0 Å². The zero-order chi connectivity index (χ0) is 14.1. The second-order valence-corrected chi connectivity index (χ2v) is 4.84. The van der Waals surface area contributed by atoms with Gasteiger partial charge in [-0.3, -0.25) is 9.67 Å². The molecular weight excluding hydrogens is 254 g/mol. The van der Waals surface area contributed by atoms with E-state index in [0.29, 0.717) is 11.8 Å². The van der Waals surface area contributed by atoms with Gasteiger partial charge in [-0.1, -0.05) is 0 Å². The second kappa shape index (κ2) is 4.88. The molecular formula is C14H15N5O. The molecule has 0 saturated carbocycles. The number of ether oxygens (including phenoxy) is 1. The molecule has 0 fully saturated rings. The van der Waals surface area contributed by atoms with E-state index in [-0.39, 0.29) is 6.04 Å². The Balaban J connectivity index is 1.94. The topological polar surface area (TPSA) is 65.7 Å². The quantitative estimate of drug-likeness (QED) is 0.731. The van der Waals surface area contributed by atoms with Gasteiger partial charge in [0.25, 0.3) is 0 Å². The Bertz CT molecular complexity index is 750. The summed E-state index contributed by atoms with van der Waals surface area (Å²) in [5, 5.41) is 5.20. The van der Waals surface area contributed by atoms with Crippen molar-refractivity contribution in [1.29, 1.82) is 0 Å². The Morgan fingerprint density at radius 1 is 1.20 bits per heavy atom. The van der Waals surface area contributed by atoms with Crippen molar-refractivity contribution in [3.05, 3.63) is 36.5 Å². The highest BCUT2D eigenvalue weighted by Gasteiger charge is 2.08. The van der Waals surface area contributed by atoms with Gasteiger partial charge in [-0.25, -0.2) is 0 Å². The van der Waals surface area contributed by atoms with E-state index in [1.807, 2.05) is 23.9 Å². The van der Waals surface area contributed by atoms with Crippen molar-refractivity contribution in [2.45, 2.75) is 26.8 Å². The van der Waals surface area contributed by atoms with E-state index in [9.17, 15) is 0 Å². The summed E-state index contributed by atoms with van der Waals surface area (Å²) in [5.74, 6) is 0.626. The summed E-state index contributed by atoms with van der Waals surface area (Å²) < 4.78 is 7.49. The number of pyridine rings is 1. The van der Waals surface area contributed by atoms with Crippen molar-refractivity contribution < 1.29 is 4.74 Å². The van der Waals surface area contributed by atoms with Crippen molar-refractivity contribution in [2.75, 3.05) is 0 Å². The Kier molecular flexibility index (Phi) is 3.06. The van der Waals surface area contributed by atoms with E-state index in [2.05, 4.69) is 33.9 Å². The second-order valence-electron chi connectivity index (χ2n) is 4.84. The van der Waals surface area contributed by atoms with Gasteiger partial charge in [0.2, 0.25) is 0 Å². The molecule has 6 nitrogen and oxygen atoms in total. The van der Waals surface area contributed by atoms with Gasteiger partial charge in [0.05, 0.1) is 29.8 Å². The summed E-state index contributed by atoms with van der Waals surface area (Å²) >= 11 is 0. The molecule has 0 atom stereocenters. The lowest BCUT2D eigenvalue weighted by Crippen LogP contribution is -2.00. The third-order valence-electron chi connectivity index (χ3n) is 2.99. The van der Waals surface area contributed by atoms with E-state index in [1.54, 1.807) is 18.6 Å². The maximum Gasteiger partial charge on any atom is 0.322 e. The van der Waals surface area contributed by atoms with Crippen LogP contribution in [0.25, 0.3) is 10.9 Å². The van der Waals surface area contributed by atoms with Crippen LogP contribution in [0.3, 0.4) is 0 Å². The highest BCUT2D eigenvalue weighted by molar-refractivity contribution is 5.79. The average Bonchev–Trinajstić information content (AvgIpc) is 2.87. The lowest BCUT2D eigenvalue weighted by Gasteiger charge is -2.05. The van der Waals surface area contributed by atoms with Gasteiger partial charge >= 0.3 is 6.01 Å². The molecule has 3 rings (SSSR count). The van der Waals surface area contributed by atoms with Crippen molar-refractivity contribution in [3.8, 4) is 11.8 Å². The molecule has 3 heterocycles. The highest BCUT2D eigenvalue weighted by Crippen LogP contribution is 2.22. The first kappa shape index (κ1) is 12.5. The van der Waals surface area contributed by atoms with Crippen molar-refractivity contribution in [2.24, 2.45) is 0 Å². The minimum absolute atomic E-state index is 0.288. The molecule has 0 aliphatic rings. The first-order valence-electron chi connectivity index (χ1n) is 6.44. The normalized spacial score (nSPS) is 11.2. The van der Waals surface area contributed by atoms with Crippen molar-refractivity contribution >= 4 is 10.9 Å². The largest absolute Gasteiger partial charge is 0.421 e. The summed E-state index contributed by atoms with van der Waals surface area (Å²) in [6.07, 6.45) is 6.92. The third-order valence-corrected chi connectivity index (χ3v) is 2.99. The average molecular weight is 269 g/mol. The Morgan fingerprint density at radius 3 is 2.80 bits per heavy atom. The van der Waals surface area contributed by atoms with Crippen LogP contribution in [0.5, 0.6) is 11.8 Å². The lowest BCUT2D eigenvalue weighted by atomic mass is 10.2. The van der Waals surface area contributed by atoms with Crippen LogP contribution in [0.1, 0.15) is 25.6 Å². The molecule has 0 aromatic carbocycles. The molecule has 0 aliphatic carbocycles. The number of nitrogens with zero attached hydrogens (tertiary/aromatic N) is 5. The molecule has 0 N–H and O–H groups in total. The molecule has 0 amide bonds. The summed E-state index contributed by atoms with van der Waals surface area (Å²) in [4.78, 5) is 12.8. The molecule has 102 valence electrons. The molecule has 0 saturated heterocycles. The SMILES string of the molecule is Cc1nc(Oc2cnn(C(C)C)c2)nc2cnccc12. The van der Waals surface area contributed by atoms with Crippen LogP contribution in [-0.4, -0.2) is 24.7 Å². The fourth-order valence-electron chi connectivity index (χ4n) is 1.92. The van der Waals surface area contributed by atoms with Gasteiger partial charge < -0.3 is 4.74 Å².